The van der Waals surface area contributed by atoms with Crippen LogP contribution in [-0.4, -0.2) is 53.9 Å². The molecule has 1 aliphatic heterocycles. The molecule has 45 heavy (non-hydrogen) atoms. The third-order valence-corrected chi connectivity index (χ3v) is 8.49. The van der Waals surface area contributed by atoms with Gasteiger partial charge < -0.3 is 14.4 Å². The molecule has 6 rings (SSSR count). The molecule has 3 heterocycles. The Bertz CT molecular complexity index is 1800. The van der Waals surface area contributed by atoms with Crippen LogP contribution in [0.3, 0.4) is 0 Å². The number of imidazole rings is 1. The van der Waals surface area contributed by atoms with Gasteiger partial charge in [0.2, 0.25) is 11.8 Å². The van der Waals surface area contributed by atoms with Crippen LogP contribution in [-0.2, 0) is 42.6 Å². The first-order chi connectivity index (χ1) is 22.0. The van der Waals surface area contributed by atoms with Crippen LogP contribution in [0.4, 0.5) is 0 Å². The molecule has 3 aromatic carbocycles. The molecule has 5 aromatic rings. The first kappa shape index (κ1) is 29.7. The average molecular weight is 597 g/mol. The fourth-order valence-electron chi connectivity index (χ4n) is 5.76. The topological polar surface area (TPSA) is 84.2 Å². The lowest BCUT2D eigenvalue weighted by atomic mass is 9.97. The molecule has 0 spiro atoms. The highest BCUT2D eigenvalue weighted by Gasteiger charge is 2.34. The van der Waals surface area contributed by atoms with Crippen molar-refractivity contribution in [2.75, 3.05) is 6.54 Å². The van der Waals surface area contributed by atoms with E-state index in [0.29, 0.717) is 19.5 Å². The summed E-state index contributed by atoms with van der Waals surface area (Å²) in [6.07, 6.45) is 7.91. The molecule has 0 N–H and O–H groups in total. The molecule has 8 nitrogen and oxygen atoms in total. The highest BCUT2D eigenvalue weighted by Crippen LogP contribution is 2.24. The molecule has 0 saturated heterocycles. The number of aromatic nitrogens is 4. The van der Waals surface area contributed by atoms with E-state index in [1.165, 1.54) is 5.56 Å². The Kier molecular flexibility index (Phi) is 8.91. The first-order valence-electron chi connectivity index (χ1n) is 15.2. The second-order valence-corrected chi connectivity index (χ2v) is 11.4. The molecule has 0 saturated carbocycles. The van der Waals surface area contributed by atoms with Gasteiger partial charge in [0.05, 0.1) is 17.6 Å². The summed E-state index contributed by atoms with van der Waals surface area (Å²) in [7, 11) is 1.92. The number of benzene rings is 3. The molecule has 0 bridgehead atoms. The van der Waals surface area contributed by atoms with E-state index < -0.39 is 6.04 Å². The minimum Gasteiger partial charge on any atom is -0.336 e. The lowest BCUT2D eigenvalue weighted by Crippen LogP contribution is -2.52. The number of fused-ring (bicyclic) bond motifs is 1. The van der Waals surface area contributed by atoms with E-state index in [1.54, 1.807) is 29.4 Å². The van der Waals surface area contributed by atoms with E-state index in [-0.39, 0.29) is 18.4 Å². The van der Waals surface area contributed by atoms with Gasteiger partial charge in [0.15, 0.2) is 0 Å². The third kappa shape index (κ3) is 6.91. The van der Waals surface area contributed by atoms with Crippen molar-refractivity contribution in [3.63, 3.8) is 0 Å². The van der Waals surface area contributed by atoms with Gasteiger partial charge in [0, 0.05) is 50.9 Å². The molecule has 226 valence electrons. The van der Waals surface area contributed by atoms with Gasteiger partial charge in [-0.1, -0.05) is 78.9 Å². The molecular formula is C37H36N6O2. The first-order valence-corrected chi connectivity index (χ1v) is 15.2. The largest absolute Gasteiger partial charge is 0.336 e. The Morgan fingerprint density at radius 1 is 0.911 bits per heavy atom. The van der Waals surface area contributed by atoms with E-state index in [1.807, 2.05) is 102 Å². The van der Waals surface area contributed by atoms with Gasteiger partial charge in [-0.05, 0) is 53.8 Å². The average Bonchev–Trinajstić information content (AvgIpc) is 3.41. The minimum atomic E-state index is -0.706. The van der Waals surface area contributed by atoms with Crippen molar-refractivity contribution >= 4 is 17.9 Å². The maximum Gasteiger partial charge on any atom is 0.247 e. The minimum absolute atomic E-state index is 0.0531. The molecule has 0 unspecified atom stereocenters. The summed E-state index contributed by atoms with van der Waals surface area (Å²) < 4.78 is 1.93. The van der Waals surface area contributed by atoms with Gasteiger partial charge in [-0.2, -0.15) is 10.2 Å². The van der Waals surface area contributed by atoms with Gasteiger partial charge >= 0.3 is 0 Å². The number of hydrogen-bond donors (Lipinski definition) is 0. The van der Waals surface area contributed by atoms with Crippen molar-refractivity contribution in [1.29, 1.82) is 0 Å². The zero-order valence-electron chi connectivity index (χ0n) is 25.6. The summed E-state index contributed by atoms with van der Waals surface area (Å²) in [5.41, 5.74) is 6.85. The maximum absolute atomic E-state index is 14.5. The lowest BCUT2D eigenvalue weighted by molar-refractivity contribution is -0.144. The zero-order chi connectivity index (χ0) is 31.2. The SMILES string of the molecule is Cc1ncc(C=CC(=O)N(Cc2ccc(-c3cccnn3)cc2)[C@@H](Cc2ccccc2)C(=O)N2CCc3ccccc3C2)n1C. The number of amides is 2. The monoisotopic (exact) mass is 596 g/mol. The lowest BCUT2D eigenvalue weighted by Gasteiger charge is -2.37. The van der Waals surface area contributed by atoms with Crippen molar-refractivity contribution in [1.82, 2.24) is 29.5 Å². The molecule has 0 fully saturated rings. The summed E-state index contributed by atoms with van der Waals surface area (Å²) in [6, 6.07) is 29.2. The number of carbonyl (C=O) groups is 2. The quantitative estimate of drug-likeness (QED) is 0.212. The van der Waals surface area contributed by atoms with E-state index in [9.17, 15) is 9.59 Å². The van der Waals surface area contributed by atoms with Crippen molar-refractivity contribution in [3.05, 3.63) is 143 Å². The molecule has 0 aliphatic carbocycles. The Hall–Kier alpha value is -5.37. The fraction of sp³-hybridized carbons (Fsp3) is 0.216. The summed E-state index contributed by atoms with van der Waals surface area (Å²) in [6.45, 7) is 3.32. The van der Waals surface area contributed by atoms with Gasteiger partial charge in [0.25, 0.3) is 0 Å². The highest BCUT2D eigenvalue weighted by atomic mass is 16.2. The Balaban J connectivity index is 1.35. The van der Waals surface area contributed by atoms with Crippen molar-refractivity contribution < 1.29 is 9.59 Å². The van der Waals surface area contributed by atoms with Crippen LogP contribution < -0.4 is 0 Å². The molecule has 2 amide bonds. The van der Waals surface area contributed by atoms with Crippen LogP contribution in [0.25, 0.3) is 17.3 Å². The summed E-state index contributed by atoms with van der Waals surface area (Å²) in [5, 5.41) is 8.21. The van der Waals surface area contributed by atoms with Gasteiger partial charge in [-0.15, -0.1) is 0 Å². The van der Waals surface area contributed by atoms with Crippen molar-refractivity contribution in [2.24, 2.45) is 7.05 Å². The summed E-state index contributed by atoms with van der Waals surface area (Å²) in [4.78, 5) is 36.6. The second-order valence-electron chi connectivity index (χ2n) is 11.4. The van der Waals surface area contributed by atoms with Crippen LogP contribution in [0.5, 0.6) is 0 Å². The van der Waals surface area contributed by atoms with E-state index in [2.05, 4.69) is 27.3 Å². The molecule has 0 radical (unpaired) electrons. The fourth-order valence-corrected chi connectivity index (χ4v) is 5.76. The van der Waals surface area contributed by atoms with E-state index in [4.69, 9.17) is 0 Å². The van der Waals surface area contributed by atoms with Crippen LogP contribution in [0.15, 0.2) is 109 Å². The van der Waals surface area contributed by atoms with Gasteiger partial charge in [-0.25, -0.2) is 4.98 Å². The maximum atomic E-state index is 14.5. The molecule has 1 atom stereocenters. The smallest absolute Gasteiger partial charge is 0.247 e. The molecule has 1 aliphatic rings. The number of aryl methyl sites for hydroxylation is 1. The van der Waals surface area contributed by atoms with E-state index in [0.717, 1.165) is 45.9 Å². The number of rotatable bonds is 9. The van der Waals surface area contributed by atoms with Crippen molar-refractivity contribution in [2.45, 2.75) is 38.9 Å². The van der Waals surface area contributed by atoms with Gasteiger partial charge in [-0.3, -0.25) is 9.59 Å². The second kappa shape index (κ2) is 13.5. The van der Waals surface area contributed by atoms with Crippen LogP contribution >= 0.6 is 0 Å². The predicted molar refractivity (Wildman–Crippen MR) is 174 cm³/mol. The predicted octanol–water partition coefficient (Wildman–Crippen LogP) is 5.42. The number of hydrogen-bond acceptors (Lipinski definition) is 5. The zero-order valence-corrected chi connectivity index (χ0v) is 25.6. The third-order valence-electron chi connectivity index (χ3n) is 8.49. The highest BCUT2D eigenvalue weighted by molar-refractivity contribution is 5.95. The Morgan fingerprint density at radius 3 is 2.38 bits per heavy atom. The number of carbonyl (C=O) groups excluding carboxylic acids is 2. The Labute approximate surface area is 263 Å². The number of nitrogens with zero attached hydrogens (tertiary/aromatic N) is 6. The van der Waals surface area contributed by atoms with E-state index >= 15 is 0 Å². The van der Waals surface area contributed by atoms with Crippen LogP contribution in [0.2, 0.25) is 0 Å². The summed E-state index contributed by atoms with van der Waals surface area (Å²) >= 11 is 0. The molecule has 2 aromatic heterocycles. The molecular weight excluding hydrogens is 560 g/mol. The van der Waals surface area contributed by atoms with Crippen LogP contribution in [0.1, 0.15) is 33.8 Å². The van der Waals surface area contributed by atoms with Crippen LogP contribution in [0, 0.1) is 6.92 Å². The van der Waals surface area contributed by atoms with Crippen molar-refractivity contribution in [3.8, 4) is 11.3 Å². The normalized spacial score (nSPS) is 13.4. The Morgan fingerprint density at radius 2 is 1.67 bits per heavy atom. The summed E-state index contributed by atoms with van der Waals surface area (Å²) in [5.74, 6) is 0.561. The van der Waals surface area contributed by atoms with Gasteiger partial charge in [0.1, 0.15) is 11.9 Å². The standard InChI is InChI=1S/C37H36N6O2/c1-27-38-24-33(41(27)2)18-19-36(44)43(25-29-14-16-31(17-15-29)34-13-8-21-39-40-34)35(23-28-9-4-3-5-10-28)37(45)42-22-20-30-11-6-7-12-32(30)26-42/h3-19,21,24,35H,20,22-23,25-26H2,1-2H3/t35-/m0/s1. The molecule has 8 heteroatoms.